The molecular formula is C19H21F4N5O5. The van der Waals surface area contributed by atoms with Gasteiger partial charge in [-0.1, -0.05) is 5.16 Å². The molecule has 0 bridgehead atoms. The molecule has 2 aromatic heterocycles. The van der Waals surface area contributed by atoms with E-state index in [9.17, 15) is 27.9 Å². The van der Waals surface area contributed by atoms with E-state index in [2.05, 4.69) is 20.4 Å². The van der Waals surface area contributed by atoms with E-state index in [0.29, 0.717) is 0 Å². The van der Waals surface area contributed by atoms with Crippen LogP contribution in [0.15, 0.2) is 22.9 Å². The van der Waals surface area contributed by atoms with Gasteiger partial charge in [-0.15, -0.1) is 0 Å². The Hall–Kier alpha value is -3.29. The lowest BCUT2D eigenvalue weighted by molar-refractivity contribution is -0.141. The van der Waals surface area contributed by atoms with Gasteiger partial charge in [0, 0.05) is 38.2 Å². The summed E-state index contributed by atoms with van der Waals surface area (Å²) in [5.74, 6) is -2.24. The Bertz CT molecular complexity index is 991. The Balaban J connectivity index is 1.53. The summed E-state index contributed by atoms with van der Waals surface area (Å²) in [5.41, 5.74) is -3.18. The number of amides is 1. The van der Waals surface area contributed by atoms with Crippen molar-refractivity contribution in [2.24, 2.45) is 0 Å². The molecule has 1 aliphatic heterocycles. The molecular weight excluding hydrogens is 454 g/mol. The van der Waals surface area contributed by atoms with Gasteiger partial charge in [-0.2, -0.15) is 13.2 Å². The van der Waals surface area contributed by atoms with Crippen molar-refractivity contribution in [1.29, 1.82) is 0 Å². The molecule has 3 rings (SSSR count). The van der Waals surface area contributed by atoms with Crippen molar-refractivity contribution in [2.75, 3.05) is 31.1 Å². The number of carbonyl (C=O) groups is 2. The predicted octanol–water partition coefficient (Wildman–Crippen LogP) is 1.82. The molecule has 33 heavy (non-hydrogen) atoms. The van der Waals surface area contributed by atoms with Crippen LogP contribution in [0.4, 0.5) is 23.5 Å². The van der Waals surface area contributed by atoms with E-state index < -0.39 is 42.1 Å². The third-order valence-electron chi connectivity index (χ3n) is 4.99. The van der Waals surface area contributed by atoms with Crippen molar-refractivity contribution in [3.63, 3.8) is 0 Å². The van der Waals surface area contributed by atoms with Gasteiger partial charge in [0.05, 0.1) is 13.2 Å². The molecule has 180 valence electrons. The molecule has 1 atom stereocenters. The van der Waals surface area contributed by atoms with E-state index in [-0.39, 0.29) is 49.9 Å². The lowest BCUT2D eigenvalue weighted by Gasteiger charge is -2.36. The Morgan fingerprint density at radius 3 is 2.70 bits per heavy atom. The third kappa shape index (κ3) is 5.94. The van der Waals surface area contributed by atoms with E-state index >= 15 is 4.39 Å². The van der Waals surface area contributed by atoms with Gasteiger partial charge < -0.3 is 24.6 Å². The SMILES string of the molecule is CCOC(=O)c1cc(C(O)C(=O)NCC2(F)CCN(c3nccc(C(F)(F)F)n3)CC2)on1. The first-order chi connectivity index (χ1) is 15.5. The van der Waals surface area contributed by atoms with Gasteiger partial charge in [-0.05, 0) is 13.0 Å². The summed E-state index contributed by atoms with van der Waals surface area (Å²) in [4.78, 5) is 32.5. The number of alkyl halides is 4. The summed E-state index contributed by atoms with van der Waals surface area (Å²) in [7, 11) is 0. The Morgan fingerprint density at radius 1 is 1.36 bits per heavy atom. The summed E-state index contributed by atoms with van der Waals surface area (Å²) in [6.07, 6.45) is -5.69. The number of hydrogen-bond acceptors (Lipinski definition) is 9. The van der Waals surface area contributed by atoms with E-state index in [1.165, 1.54) is 4.90 Å². The summed E-state index contributed by atoms with van der Waals surface area (Å²) in [6.45, 7) is 1.30. The fourth-order valence-electron chi connectivity index (χ4n) is 3.13. The Kier molecular flexibility index (Phi) is 7.15. The standard InChI is InChI=1S/C19H21F4N5O5/c1-2-32-16(31)11-9-12(33-27-11)14(29)15(30)25-10-18(20)4-7-28(8-5-18)17-24-6-3-13(26-17)19(21,22)23/h3,6,9,14,29H,2,4-5,7-8,10H2,1H3,(H,25,30). The minimum absolute atomic E-state index is 0.0290. The van der Waals surface area contributed by atoms with Crippen LogP contribution in [0.25, 0.3) is 0 Å². The number of nitrogens with one attached hydrogen (secondary N) is 1. The quantitative estimate of drug-likeness (QED) is 0.455. The van der Waals surface area contributed by atoms with Crippen molar-refractivity contribution in [3.05, 3.63) is 35.5 Å². The molecule has 0 aromatic carbocycles. The van der Waals surface area contributed by atoms with Crippen molar-refractivity contribution in [2.45, 2.75) is 37.7 Å². The Labute approximate surface area is 184 Å². The largest absolute Gasteiger partial charge is 0.461 e. The van der Waals surface area contributed by atoms with Gasteiger partial charge in [-0.25, -0.2) is 19.2 Å². The van der Waals surface area contributed by atoms with Crippen LogP contribution in [0.5, 0.6) is 0 Å². The number of nitrogens with zero attached hydrogens (tertiary/aromatic N) is 4. The topological polar surface area (TPSA) is 131 Å². The highest BCUT2D eigenvalue weighted by molar-refractivity contribution is 5.88. The zero-order valence-electron chi connectivity index (χ0n) is 17.4. The number of hydrogen-bond donors (Lipinski definition) is 2. The molecule has 1 unspecified atom stereocenters. The van der Waals surface area contributed by atoms with Gasteiger partial charge in [0.15, 0.2) is 17.6 Å². The maximum Gasteiger partial charge on any atom is 0.433 e. The van der Waals surface area contributed by atoms with E-state index in [1.807, 2.05) is 0 Å². The number of aliphatic hydroxyl groups excluding tert-OH is 1. The van der Waals surface area contributed by atoms with Gasteiger partial charge in [0.1, 0.15) is 11.4 Å². The second-order valence-corrected chi connectivity index (χ2v) is 7.33. The lowest BCUT2D eigenvalue weighted by Crippen LogP contribution is -2.49. The minimum atomic E-state index is -4.62. The second kappa shape index (κ2) is 9.68. The number of esters is 1. The molecule has 1 fully saturated rings. The molecule has 2 N–H and O–H groups in total. The van der Waals surface area contributed by atoms with Gasteiger partial charge >= 0.3 is 12.1 Å². The van der Waals surface area contributed by atoms with Crippen LogP contribution in [-0.2, 0) is 15.7 Å². The van der Waals surface area contributed by atoms with Crippen LogP contribution in [0.2, 0.25) is 0 Å². The molecule has 3 heterocycles. The van der Waals surface area contributed by atoms with Crippen LogP contribution >= 0.6 is 0 Å². The van der Waals surface area contributed by atoms with Crippen molar-refractivity contribution < 1.29 is 41.5 Å². The number of carbonyl (C=O) groups excluding carboxylic acids is 2. The van der Waals surface area contributed by atoms with Crippen LogP contribution in [0, 0.1) is 0 Å². The predicted molar refractivity (Wildman–Crippen MR) is 103 cm³/mol. The van der Waals surface area contributed by atoms with Gasteiger partial charge in [0.25, 0.3) is 5.91 Å². The maximum absolute atomic E-state index is 15.1. The Morgan fingerprint density at radius 2 is 2.06 bits per heavy atom. The van der Waals surface area contributed by atoms with Crippen molar-refractivity contribution in [1.82, 2.24) is 20.4 Å². The number of rotatable bonds is 7. The first-order valence-electron chi connectivity index (χ1n) is 9.96. The van der Waals surface area contributed by atoms with Crippen LogP contribution in [-0.4, -0.2) is 64.0 Å². The smallest absolute Gasteiger partial charge is 0.433 e. The zero-order chi connectivity index (χ0) is 24.2. The average molecular weight is 475 g/mol. The van der Waals surface area contributed by atoms with Crippen LogP contribution in [0.3, 0.4) is 0 Å². The number of piperidine rings is 1. The summed E-state index contributed by atoms with van der Waals surface area (Å²) >= 11 is 0. The molecule has 14 heteroatoms. The second-order valence-electron chi connectivity index (χ2n) is 7.33. The summed E-state index contributed by atoms with van der Waals surface area (Å²) in [5, 5.41) is 15.8. The number of anilines is 1. The first kappa shape index (κ1) is 24.4. The van der Waals surface area contributed by atoms with E-state index in [1.54, 1.807) is 6.92 Å². The molecule has 10 nitrogen and oxygen atoms in total. The van der Waals surface area contributed by atoms with Crippen molar-refractivity contribution in [3.8, 4) is 0 Å². The first-order valence-corrected chi connectivity index (χ1v) is 9.96. The number of ether oxygens (including phenoxy) is 1. The molecule has 0 aliphatic carbocycles. The average Bonchev–Trinajstić information content (AvgIpc) is 3.28. The zero-order valence-corrected chi connectivity index (χ0v) is 17.4. The van der Waals surface area contributed by atoms with Gasteiger partial charge in [0.2, 0.25) is 5.95 Å². The molecule has 0 spiro atoms. The molecule has 1 aliphatic rings. The lowest BCUT2D eigenvalue weighted by atomic mass is 9.93. The molecule has 1 saturated heterocycles. The van der Waals surface area contributed by atoms with Crippen molar-refractivity contribution >= 4 is 17.8 Å². The van der Waals surface area contributed by atoms with E-state index in [0.717, 1.165) is 18.3 Å². The highest BCUT2D eigenvalue weighted by Crippen LogP contribution is 2.31. The van der Waals surface area contributed by atoms with Crippen LogP contribution in [0.1, 0.15) is 47.8 Å². The third-order valence-corrected chi connectivity index (χ3v) is 4.99. The number of aliphatic hydroxyl groups is 1. The summed E-state index contributed by atoms with van der Waals surface area (Å²) in [6, 6.07) is 1.79. The number of aromatic nitrogens is 3. The number of halogens is 4. The monoisotopic (exact) mass is 475 g/mol. The minimum Gasteiger partial charge on any atom is -0.461 e. The fourth-order valence-corrected chi connectivity index (χ4v) is 3.13. The molecule has 2 aromatic rings. The maximum atomic E-state index is 15.1. The highest BCUT2D eigenvalue weighted by Gasteiger charge is 2.38. The summed E-state index contributed by atoms with van der Waals surface area (Å²) < 4.78 is 63.1. The fraction of sp³-hybridized carbons (Fsp3) is 0.526. The highest BCUT2D eigenvalue weighted by atomic mass is 19.4. The molecule has 0 radical (unpaired) electrons. The normalized spacial score (nSPS) is 16.8. The van der Waals surface area contributed by atoms with Gasteiger partial charge in [-0.3, -0.25) is 4.79 Å². The molecule has 1 amide bonds. The van der Waals surface area contributed by atoms with Crippen LogP contribution < -0.4 is 10.2 Å². The molecule has 0 saturated carbocycles. The van der Waals surface area contributed by atoms with E-state index in [4.69, 9.17) is 9.26 Å².